The van der Waals surface area contributed by atoms with Gasteiger partial charge in [-0.3, -0.25) is 4.79 Å². The SMILES string of the molecule is CNC(C)(CC(N)=O)c1ccc(S(=O)(=O)N(C)C)cc1. The molecule has 1 atom stereocenters. The topological polar surface area (TPSA) is 92.5 Å². The van der Waals surface area contributed by atoms with E-state index in [9.17, 15) is 13.2 Å². The Hall–Kier alpha value is -1.44. The van der Waals surface area contributed by atoms with Crippen molar-refractivity contribution in [3.8, 4) is 0 Å². The largest absolute Gasteiger partial charge is 0.370 e. The summed E-state index contributed by atoms with van der Waals surface area (Å²) in [5.41, 5.74) is 5.43. The van der Waals surface area contributed by atoms with Crippen LogP contribution in [-0.2, 0) is 20.4 Å². The molecule has 0 fully saturated rings. The maximum atomic E-state index is 12.0. The van der Waals surface area contributed by atoms with Crippen molar-refractivity contribution in [1.29, 1.82) is 0 Å². The van der Waals surface area contributed by atoms with Gasteiger partial charge in [0.25, 0.3) is 0 Å². The van der Waals surface area contributed by atoms with Crippen LogP contribution < -0.4 is 11.1 Å². The van der Waals surface area contributed by atoms with Crippen LogP contribution in [0.5, 0.6) is 0 Å². The minimum Gasteiger partial charge on any atom is -0.370 e. The van der Waals surface area contributed by atoms with Crippen LogP contribution in [0.2, 0.25) is 0 Å². The standard InChI is InChI=1S/C13H21N3O3S/c1-13(15-2,9-12(14)17)10-5-7-11(8-6-10)20(18,19)16(3)4/h5-8,15H,9H2,1-4H3,(H2,14,17). The first kappa shape index (κ1) is 16.6. The summed E-state index contributed by atoms with van der Waals surface area (Å²) in [6, 6.07) is 6.44. The van der Waals surface area contributed by atoms with Gasteiger partial charge in [0.05, 0.1) is 4.90 Å². The van der Waals surface area contributed by atoms with E-state index in [0.717, 1.165) is 9.87 Å². The molecule has 1 unspecified atom stereocenters. The molecule has 0 aromatic heterocycles. The summed E-state index contributed by atoms with van der Waals surface area (Å²) in [5, 5.41) is 3.05. The van der Waals surface area contributed by atoms with E-state index in [-0.39, 0.29) is 11.3 Å². The number of hydrogen-bond acceptors (Lipinski definition) is 4. The van der Waals surface area contributed by atoms with E-state index in [4.69, 9.17) is 5.73 Å². The van der Waals surface area contributed by atoms with Crippen molar-refractivity contribution in [2.75, 3.05) is 21.1 Å². The van der Waals surface area contributed by atoms with Gasteiger partial charge in [0.2, 0.25) is 15.9 Å². The highest BCUT2D eigenvalue weighted by atomic mass is 32.2. The molecule has 0 spiro atoms. The highest BCUT2D eigenvalue weighted by molar-refractivity contribution is 7.89. The van der Waals surface area contributed by atoms with E-state index in [1.54, 1.807) is 19.2 Å². The fourth-order valence-electron chi connectivity index (χ4n) is 1.89. The van der Waals surface area contributed by atoms with Crippen molar-refractivity contribution in [1.82, 2.24) is 9.62 Å². The van der Waals surface area contributed by atoms with Gasteiger partial charge in [-0.05, 0) is 31.7 Å². The Labute approximate surface area is 120 Å². The second-order valence-electron chi connectivity index (χ2n) is 5.04. The normalized spacial score (nSPS) is 15.1. The molecule has 20 heavy (non-hydrogen) atoms. The Bertz CT molecular complexity index is 581. The second-order valence-corrected chi connectivity index (χ2v) is 7.19. The number of rotatable bonds is 6. The van der Waals surface area contributed by atoms with Gasteiger partial charge in [0.1, 0.15) is 0 Å². The molecule has 7 heteroatoms. The Morgan fingerprint density at radius 2 is 1.80 bits per heavy atom. The number of nitrogens with one attached hydrogen (secondary N) is 1. The van der Waals surface area contributed by atoms with E-state index in [2.05, 4.69) is 5.32 Å². The third kappa shape index (κ3) is 3.36. The van der Waals surface area contributed by atoms with Gasteiger partial charge in [0, 0.05) is 26.1 Å². The molecular formula is C13H21N3O3S. The van der Waals surface area contributed by atoms with E-state index in [0.29, 0.717) is 0 Å². The smallest absolute Gasteiger partial charge is 0.242 e. The van der Waals surface area contributed by atoms with E-state index >= 15 is 0 Å². The summed E-state index contributed by atoms with van der Waals surface area (Å²) >= 11 is 0. The maximum absolute atomic E-state index is 12.0. The predicted octanol–water partition coefficient (Wildman–Crippen LogP) is 0.247. The zero-order valence-corrected chi connectivity index (χ0v) is 13.0. The second kappa shape index (κ2) is 5.90. The molecule has 0 saturated heterocycles. The zero-order valence-electron chi connectivity index (χ0n) is 12.2. The molecule has 1 rings (SSSR count). The molecule has 1 aromatic rings. The van der Waals surface area contributed by atoms with Crippen LogP contribution in [0.25, 0.3) is 0 Å². The van der Waals surface area contributed by atoms with E-state index in [1.807, 2.05) is 6.92 Å². The van der Waals surface area contributed by atoms with Gasteiger partial charge >= 0.3 is 0 Å². The van der Waals surface area contributed by atoms with Crippen LogP contribution in [0, 0.1) is 0 Å². The van der Waals surface area contributed by atoms with Crippen LogP contribution in [-0.4, -0.2) is 39.8 Å². The van der Waals surface area contributed by atoms with Gasteiger partial charge < -0.3 is 11.1 Å². The molecule has 6 nitrogen and oxygen atoms in total. The van der Waals surface area contributed by atoms with Crippen molar-refractivity contribution in [2.24, 2.45) is 5.73 Å². The van der Waals surface area contributed by atoms with E-state index < -0.39 is 21.5 Å². The van der Waals surface area contributed by atoms with Gasteiger partial charge in [-0.1, -0.05) is 12.1 Å². The molecule has 0 saturated carbocycles. The summed E-state index contributed by atoms with van der Waals surface area (Å²) in [6.45, 7) is 1.84. The average Bonchev–Trinajstić information content (AvgIpc) is 2.37. The Balaban J connectivity index is 3.16. The Kier molecular flexibility index (Phi) is 4.90. The number of hydrogen-bond donors (Lipinski definition) is 2. The quantitative estimate of drug-likeness (QED) is 0.787. The van der Waals surface area contributed by atoms with Crippen molar-refractivity contribution < 1.29 is 13.2 Å². The monoisotopic (exact) mass is 299 g/mol. The summed E-state index contributed by atoms with van der Waals surface area (Å²) in [5.74, 6) is -0.424. The molecule has 0 aliphatic carbocycles. The van der Waals surface area contributed by atoms with Gasteiger partial charge in [-0.15, -0.1) is 0 Å². The van der Waals surface area contributed by atoms with Crippen molar-refractivity contribution in [2.45, 2.75) is 23.8 Å². The number of carbonyl (C=O) groups excluding carboxylic acids is 1. The number of amides is 1. The number of primary amides is 1. The van der Waals surface area contributed by atoms with Crippen LogP contribution in [0.3, 0.4) is 0 Å². The minimum atomic E-state index is -3.45. The Morgan fingerprint density at radius 1 is 1.30 bits per heavy atom. The molecule has 3 N–H and O–H groups in total. The first-order valence-corrected chi connectivity index (χ1v) is 7.58. The lowest BCUT2D eigenvalue weighted by molar-refractivity contribution is -0.119. The van der Waals surface area contributed by atoms with Crippen molar-refractivity contribution in [3.63, 3.8) is 0 Å². The molecular weight excluding hydrogens is 278 g/mol. The third-order valence-corrected chi connectivity index (χ3v) is 5.18. The summed E-state index contributed by atoms with van der Waals surface area (Å²) < 4.78 is 25.1. The average molecular weight is 299 g/mol. The molecule has 1 amide bonds. The van der Waals surface area contributed by atoms with Gasteiger partial charge in [0.15, 0.2) is 0 Å². The summed E-state index contributed by atoms with van der Waals surface area (Å²) in [4.78, 5) is 11.4. The number of carbonyl (C=O) groups is 1. The fraction of sp³-hybridized carbons (Fsp3) is 0.462. The van der Waals surface area contributed by atoms with Crippen LogP contribution in [0.15, 0.2) is 29.2 Å². The molecule has 0 aliphatic heterocycles. The van der Waals surface area contributed by atoms with Crippen molar-refractivity contribution >= 4 is 15.9 Å². The molecule has 0 heterocycles. The Morgan fingerprint density at radius 3 is 2.15 bits per heavy atom. The zero-order chi connectivity index (χ0) is 15.6. The summed E-state index contributed by atoms with van der Waals surface area (Å²) in [7, 11) is 1.24. The van der Waals surface area contributed by atoms with Crippen LogP contribution in [0.1, 0.15) is 18.9 Å². The van der Waals surface area contributed by atoms with Gasteiger partial charge in [-0.25, -0.2) is 12.7 Å². The summed E-state index contributed by atoms with van der Waals surface area (Å²) in [6.07, 6.45) is 0.128. The van der Waals surface area contributed by atoms with Gasteiger partial charge in [-0.2, -0.15) is 0 Å². The van der Waals surface area contributed by atoms with Crippen LogP contribution >= 0.6 is 0 Å². The molecule has 1 aromatic carbocycles. The first-order chi connectivity index (χ1) is 9.13. The fourth-order valence-corrected chi connectivity index (χ4v) is 2.79. The third-order valence-electron chi connectivity index (χ3n) is 3.35. The number of sulfonamides is 1. The van der Waals surface area contributed by atoms with Crippen LogP contribution in [0.4, 0.5) is 0 Å². The highest BCUT2D eigenvalue weighted by Crippen LogP contribution is 2.25. The minimum absolute atomic E-state index is 0.128. The molecule has 112 valence electrons. The lowest BCUT2D eigenvalue weighted by atomic mass is 9.88. The number of benzene rings is 1. The molecule has 0 radical (unpaired) electrons. The van der Waals surface area contributed by atoms with Crippen molar-refractivity contribution in [3.05, 3.63) is 29.8 Å². The maximum Gasteiger partial charge on any atom is 0.242 e. The lowest BCUT2D eigenvalue weighted by Crippen LogP contribution is -2.40. The molecule has 0 aliphatic rings. The van der Waals surface area contributed by atoms with E-state index in [1.165, 1.54) is 26.2 Å². The number of nitrogens with zero attached hydrogens (tertiary/aromatic N) is 1. The lowest BCUT2D eigenvalue weighted by Gasteiger charge is -2.28. The molecule has 0 bridgehead atoms. The number of nitrogens with two attached hydrogens (primary N) is 1. The predicted molar refractivity (Wildman–Crippen MR) is 77.5 cm³/mol. The first-order valence-electron chi connectivity index (χ1n) is 6.14. The highest BCUT2D eigenvalue weighted by Gasteiger charge is 2.27.